The number of carbonyl (C=O) groups is 5. The average molecular weight is 663 g/mol. The second kappa shape index (κ2) is 20.7. The first-order valence-electron chi connectivity index (χ1n) is 15.8. The minimum atomic E-state index is -1.11. The van der Waals surface area contributed by atoms with E-state index in [2.05, 4.69) is 10.6 Å². The van der Waals surface area contributed by atoms with Crippen molar-refractivity contribution in [1.82, 2.24) is 9.80 Å². The van der Waals surface area contributed by atoms with Crippen LogP contribution in [-0.2, 0) is 19.2 Å². The van der Waals surface area contributed by atoms with Crippen molar-refractivity contribution in [2.45, 2.75) is 40.5 Å². The standard InChI is InChI=1S/C34H40N4O8.C2H6/c1-24(2)16-18-37(32(41)22-38(19-17-33(42)43)34(44)25-8-7-11-29(20-25)45-3)21-30(39)35-27-12-14-28(15-13-27)46-23-31(40)36-26-9-5-4-6-10-26;1-2/h4-15,20,24H,16-19,21-23H2,1-3H3,(H,35,39)(H,36,40)(H,42,43);1-2H3. The summed E-state index contributed by atoms with van der Waals surface area (Å²) in [4.78, 5) is 65.8. The smallest absolute Gasteiger partial charge is 0.305 e. The summed E-state index contributed by atoms with van der Waals surface area (Å²) in [5, 5.41) is 14.7. The van der Waals surface area contributed by atoms with Crippen LogP contribution in [0.5, 0.6) is 11.5 Å². The number of amides is 4. The maximum absolute atomic E-state index is 13.5. The van der Waals surface area contributed by atoms with Gasteiger partial charge in [0.2, 0.25) is 11.8 Å². The molecule has 0 heterocycles. The van der Waals surface area contributed by atoms with E-state index in [9.17, 15) is 29.1 Å². The number of methoxy groups -OCH3 is 1. The summed E-state index contributed by atoms with van der Waals surface area (Å²) >= 11 is 0. The molecule has 0 aromatic heterocycles. The lowest BCUT2D eigenvalue weighted by Crippen LogP contribution is -2.46. The Bertz CT molecular complexity index is 1480. The largest absolute Gasteiger partial charge is 0.497 e. The number of nitrogens with zero attached hydrogens (tertiary/aromatic N) is 2. The summed E-state index contributed by atoms with van der Waals surface area (Å²) in [6.07, 6.45) is 0.259. The van der Waals surface area contributed by atoms with E-state index >= 15 is 0 Å². The Morgan fingerprint density at radius 2 is 1.40 bits per heavy atom. The zero-order valence-electron chi connectivity index (χ0n) is 28.2. The molecule has 3 rings (SSSR count). The van der Waals surface area contributed by atoms with Crippen LogP contribution in [0.15, 0.2) is 78.9 Å². The zero-order chi connectivity index (χ0) is 35.5. The van der Waals surface area contributed by atoms with Crippen molar-refractivity contribution in [2.24, 2.45) is 5.92 Å². The van der Waals surface area contributed by atoms with Gasteiger partial charge in [-0.3, -0.25) is 24.0 Å². The molecule has 0 aliphatic heterocycles. The van der Waals surface area contributed by atoms with Gasteiger partial charge in [0.15, 0.2) is 6.61 Å². The van der Waals surface area contributed by atoms with Gasteiger partial charge in [0.1, 0.15) is 18.0 Å². The fraction of sp³-hybridized carbons (Fsp3) is 0.361. The van der Waals surface area contributed by atoms with Gasteiger partial charge in [0.05, 0.1) is 20.1 Å². The van der Waals surface area contributed by atoms with Crippen molar-refractivity contribution in [2.75, 3.05) is 50.5 Å². The number of anilines is 2. The Hall–Kier alpha value is -5.39. The number of carboxylic acid groups (broad SMARTS) is 1. The molecule has 48 heavy (non-hydrogen) atoms. The molecule has 0 radical (unpaired) electrons. The number of nitrogens with one attached hydrogen (secondary N) is 2. The molecule has 0 unspecified atom stereocenters. The molecule has 0 saturated heterocycles. The summed E-state index contributed by atoms with van der Waals surface area (Å²) in [6.45, 7) is 7.18. The van der Waals surface area contributed by atoms with Crippen molar-refractivity contribution in [3.8, 4) is 11.5 Å². The first kappa shape index (κ1) is 38.8. The van der Waals surface area contributed by atoms with E-state index in [1.807, 2.05) is 45.9 Å². The molecule has 0 saturated carbocycles. The highest BCUT2D eigenvalue weighted by molar-refractivity contribution is 5.98. The number of benzene rings is 3. The summed E-state index contributed by atoms with van der Waals surface area (Å²) in [7, 11) is 1.46. The van der Waals surface area contributed by atoms with Crippen molar-refractivity contribution in [3.63, 3.8) is 0 Å². The van der Waals surface area contributed by atoms with Crippen LogP contribution in [-0.4, -0.2) is 84.4 Å². The van der Waals surface area contributed by atoms with Crippen molar-refractivity contribution in [3.05, 3.63) is 84.4 Å². The Kier molecular flexibility index (Phi) is 16.7. The van der Waals surface area contributed by atoms with Crippen molar-refractivity contribution < 1.29 is 38.6 Å². The first-order valence-corrected chi connectivity index (χ1v) is 15.8. The molecule has 0 bridgehead atoms. The molecule has 0 atom stereocenters. The molecule has 3 aromatic rings. The lowest BCUT2D eigenvalue weighted by atomic mass is 10.1. The SMILES string of the molecule is CC.COc1cccc(C(=O)N(CCC(=O)O)CC(=O)N(CCC(C)C)CC(=O)Nc2ccc(OCC(=O)Nc3ccccc3)cc2)c1. The quantitative estimate of drug-likeness (QED) is 0.179. The van der Waals surface area contributed by atoms with Gasteiger partial charge in [-0.2, -0.15) is 0 Å². The van der Waals surface area contributed by atoms with E-state index in [-0.39, 0.29) is 50.1 Å². The minimum absolute atomic E-state index is 0.191. The molecule has 258 valence electrons. The molecule has 0 fully saturated rings. The summed E-state index contributed by atoms with van der Waals surface area (Å²) < 4.78 is 10.7. The third-order valence-corrected chi connectivity index (χ3v) is 6.75. The van der Waals surface area contributed by atoms with Gasteiger partial charge >= 0.3 is 5.97 Å². The van der Waals surface area contributed by atoms with Gasteiger partial charge in [0.25, 0.3) is 11.8 Å². The van der Waals surface area contributed by atoms with Gasteiger partial charge in [0, 0.05) is 30.0 Å². The molecular formula is C36H46N4O8. The van der Waals surface area contributed by atoms with E-state index < -0.39 is 30.2 Å². The lowest BCUT2D eigenvalue weighted by Gasteiger charge is -2.28. The van der Waals surface area contributed by atoms with Gasteiger partial charge in [-0.15, -0.1) is 0 Å². The molecule has 0 spiro atoms. The summed E-state index contributed by atoms with van der Waals surface area (Å²) in [5.41, 5.74) is 1.36. The summed E-state index contributed by atoms with van der Waals surface area (Å²) in [6, 6.07) is 21.8. The predicted octanol–water partition coefficient (Wildman–Crippen LogP) is 5.17. The van der Waals surface area contributed by atoms with E-state index in [0.29, 0.717) is 29.3 Å². The second-order valence-corrected chi connectivity index (χ2v) is 10.9. The molecule has 12 heteroatoms. The van der Waals surface area contributed by atoms with Crippen LogP contribution in [0.2, 0.25) is 0 Å². The fourth-order valence-corrected chi connectivity index (χ4v) is 4.27. The molecule has 4 amide bonds. The molecular weight excluding hydrogens is 616 g/mol. The number of carbonyl (C=O) groups excluding carboxylic acids is 4. The van der Waals surface area contributed by atoms with E-state index in [4.69, 9.17) is 9.47 Å². The molecule has 0 aliphatic rings. The van der Waals surface area contributed by atoms with Crippen LogP contribution in [0, 0.1) is 5.92 Å². The Morgan fingerprint density at radius 1 is 0.750 bits per heavy atom. The van der Waals surface area contributed by atoms with E-state index in [0.717, 1.165) is 0 Å². The Morgan fingerprint density at radius 3 is 2.02 bits per heavy atom. The van der Waals surface area contributed by atoms with E-state index in [1.165, 1.54) is 23.0 Å². The van der Waals surface area contributed by atoms with Crippen LogP contribution >= 0.6 is 0 Å². The van der Waals surface area contributed by atoms with Crippen LogP contribution < -0.4 is 20.1 Å². The van der Waals surface area contributed by atoms with Gasteiger partial charge in [-0.1, -0.05) is 52.0 Å². The highest BCUT2D eigenvalue weighted by atomic mass is 16.5. The van der Waals surface area contributed by atoms with Crippen LogP contribution in [0.25, 0.3) is 0 Å². The molecule has 3 aromatic carbocycles. The van der Waals surface area contributed by atoms with Crippen LogP contribution in [0.1, 0.15) is 50.9 Å². The number of aliphatic carboxylic acids is 1. The Balaban J connectivity index is 0.00000392. The first-order chi connectivity index (χ1) is 23.0. The van der Waals surface area contributed by atoms with Crippen LogP contribution in [0.4, 0.5) is 11.4 Å². The number of hydrogen-bond acceptors (Lipinski definition) is 7. The topological polar surface area (TPSA) is 155 Å². The van der Waals surface area contributed by atoms with Gasteiger partial charge in [-0.05, 0) is 66.9 Å². The number of ether oxygens (including phenoxy) is 2. The molecule has 12 nitrogen and oxygen atoms in total. The van der Waals surface area contributed by atoms with Crippen LogP contribution in [0.3, 0.4) is 0 Å². The maximum Gasteiger partial charge on any atom is 0.305 e. The lowest BCUT2D eigenvalue weighted by molar-refractivity contribution is -0.138. The average Bonchev–Trinajstić information content (AvgIpc) is 3.08. The maximum atomic E-state index is 13.5. The fourth-order valence-electron chi connectivity index (χ4n) is 4.27. The number of carboxylic acids is 1. The summed E-state index contributed by atoms with van der Waals surface area (Å²) in [5.74, 6) is -1.79. The van der Waals surface area contributed by atoms with Gasteiger partial charge < -0.3 is 35.0 Å². The Labute approximate surface area is 282 Å². The predicted molar refractivity (Wildman–Crippen MR) is 184 cm³/mol. The van der Waals surface area contributed by atoms with Gasteiger partial charge in [-0.25, -0.2) is 0 Å². The van der Waals surface area contributed by atoms with E-state index in [1.54, 1.807) is 54.6 Å². The van der Waals surface area contributed by atoms with Crippen molar-refractivity contribution in [1.29, 1.82) is 0 Å². The highest BCUT2D eigenvalue weighted by Crippen LogP contribution is 2.17. The number of rotatable bonds is 17. The van der Waals surface area contributed by atoms with Crippen molar-refractivity contribution >= 4 is 41.0 Å². The molecule has 0 aliphatic carbocycles. The number of para-hydroxylation sites is 1. The number of hydrogen-bond donors (Lipinski definition) is 3. The third-order valence-electron chi connectivity index (χ3n) is 6.75. The highest BCUT2D eigenvalue weighted by Gasteiger charge is 2.25. The second-order valence-electron chi connectivity index (χ2n) is 10.9. The minimum Gasteiger partial charge on any atom is -0.497 e. The molecule has 3 N–H and O–H groups in total. The third kappa shape index (κ3) is 13.9. The monoisotopic (exact) mass is 662 g/mol. The normalized spacial score (nSPS) is 10.2. The zero-order valence-corrected chi connectivity index (χ0v) is 28.2.